The van der Waals surface area contributed by atoms with Crippen molar-refractivity contribution in [1.82, 2.24) is 0 Å². The molecular formula is C13H19N. The average molecular weight is 189 g/mol. The molecule has 0 heterocycles. The van der Waals surface area contributed by atoms with Crippen molar-refractivity contribution in [3.63, 3.8) is 0 Å². The molecule has 0 spiro atoms. The highest BCUT2D eigenvalue weighted by atomic mass is 14.6. The van der Waals surface area contributed by atoms with Crippen molar-refractivity contribution >= 4 is 0 Å². The highest BCUT2D eigenvalue weighted by Crippen LogP contribution is 2.48. The molecule has 0 saturated heterocycles. The first-order chi connectivity index (χ1) is 6.76. The predicted molar refractivity (Wildman–Crippen MR) is 60.2 cm³/mol. The summed E-state index contributed by atoms with van der Waals surface area (Å²) < 4.78 is 0. The lowest BCUT2D eigenvalue weighted by Crippen LogP contribution is -2.16. The fourth-order valence-electron chi connectivity index (χ4n) is 2.02. The van der Waals surface area contributed by atoms with Crippen molar-refractivity contribution in [2.24, 2.45) is 11.1 Å². The molecule has 2 rings (SSSR count). The third-order valence-electron chi connectivity index (χ3n) is 3.58. The van der Waals surface area contributed by atoms with Crippen LogP contribution < -0.4 is 5.73 Å². The van der Waals surface area contributed by atoms with E-state index in [2.05, 4.69) is 31.2 Å². The zero-order valence-electron chi connectivity index (χ0n) is 8.92. The second-order valence-corrected chi connectivity index (χ2v) is 4.63. The van der Waals surface area contributed by atoms with Gasteiger partial charge in [0.2, 0.25) is 0 Å². The summed E-state index contributed by atoms with van der Waals surface area (Å²) in [5.74, 6) is 0. The molecule has 0 amide bonds. The van der Waals surface area contributed by atoms with Gasteiger partial charge in [0, 0.05) is 0 Å². The van der Waals surface area contributed by atoms with Crippen molar-refractivity contribution in [3.8, 4) is 0 Å². The third kappa shape index (κ3) is 1.98. The molecule has 0 aromatic heterocycles. The Bertz CT molecular complexity index is 313. The van der Waals surface area contributed by atoms with Crippen LogP contribution in [0.25, 0.3) is 0 Å². The van der Waals surface area contributed by atoms with E-state index in [-0.39, 0.29) is 0 Å². The first-order valence-corrected chi connectivity index (χ1v) is 5.50. The van der Waals surface area contributed by atoms with E-state index in [1.54, 1.807) is 0 Å². The maximum absolute atomic E-state index is 5.77. The summed E-state index contributed by atoms with van der Waals surface area (Å²) >= 11 is 0. The van der Waals surface area contributed by atoms with Gasteiger partial charge in [0.1, 0.15) is 0 Å². The molecule has 0 radical (unpaired) electrons. The van der Waals surface area contributed by atoms with Gasteiger partial charge in [-0.2, -0.15) is 0 Å². The molecule has 1 aromatic carbocycles. The van der Waals surface area contributed by atoms with Gasteiger partial charge in [-0.3, -0.25) is 0 Å². The predicted octanol–water partition coefficient (Wildman–Crippen LogP) is 2.67. The molecule has 0 unspecified atom stereocenters. The van der Waals surface area contributed by atoms with E-state index in [0.29, 0.717) is 5.41 Å². The van der Waals surface area contributed by atoms with Gasteiger partial charge < -0.3 is 5.73 Å². The van der Waals surface area contributed by atoms with Crippen LogP contribution in [0.3, 0.4) is 0 Å². The van der Waals surface area contributed by atoms with Crippen LogP contribution in [-0.2, 0) is 6.42 Å². The Morgan fingerprint density at radius 3 is 2.57 bits per heavy atom. The van der Waals surface area contributed by atoms with Crippen molar-refractivity contribution < 1.29 is 0 Å². The van der Waals surface area contributed by atoms with Gasteiger partial charge in [-0.1, -0.05) is 24.3 Å². The van der Waals surface area contributed by atoms with Gasteiger partial charge in [-0.05, 0) is 55.7 Å². The van der Waals surface area contributed by atoms with Crippen molar-refractivity contribution in [2.45, 2.75) is 32.6 Å². The lowest BCUT2D eigenvalue weighted by molar-refractivity contribution is 0.478. The van der Waals surface area contributed by atoms with Crippen LogP contribution in [0.15, 0.2) is 24.3 Å². The summed E-state index contributed by atoms with van der Waals surface area (Å²) in [7, 11) is 0. The van der Waals surface area contributed by atoms with E-state index in [1.165, 1.54) is 36.8 Å². The summed E-state index contributed by atoms with van der Waals surface area (Å²) in [4.78, 5) is 0. The lowest BCUT2D eigenvalue weighted by atomic mass is 9.95. The van der Waals surface area contributed by atoms with Crippen LogP contribution >= 0.6 is 0 Å². The Kier molecular flexibility index (Phi) is 2.60. The first-order valence-electron chi connectivity index (χ1n) is 5.50. The molecule has 1 saturated carbocycles. The monoisotopic (exact) mass is 189 g/mol. The lowest BCUT2D eigenvalue weighted by Gasteiger charge is -2.12. The quantitative estimate of drug-likeness (QED) is 0.774. The second-order valence-electron chi connectivity index (χ2n) is 4.63. The first kappa shape index (κ1) is 9.72. The molecule has 1 aliphatic rings. The molecule has 2 N–H and O–H groups in total. The minimum absolute atomic E-state index is 0.516. The largest absolute Gasteiger partial charge is 0.330 e. The fourth-order valence-corrected chi connectivity index (χ4v) is 2.02. The van der Waals surface area contributed by atoms with Crippen LogP contribution in [0.4, 0.5) is 0 Å². The molecular weight excluding hydrogens is 170 g/mol. The standard InChI is InChI=1S/C13H19N/c1-11-4-2-3-5-12(11)6-7-13(10-14)8-9-13/h2-5H,6-10,14H2,1H3. The van der Waals surface area contributed by atoms with E-state index < -0.39 is 0 Å². The van der Waals surface area contributed by atoms with E-state index >= 15 is 0 Å². The van der Waals surface area contributed by atoms with Crippen LogP contribution in [-0.4, -0.2) is 6.54 Å². The molecule has 1 heteroatoms. The Balaban J connectivity index is 1.95. The van der Waals surface area contributed by atoms with E-state index in [4.69, 9.17) is 5.73 Å². The number of hydrogen-bond acceptors (Lipinski definition) is 1. The Morgan fingerprint density at radius 1 is 1.29 bits per heavy atom. The molecule has 1 aromatic rings. The smallest absolute Gasteiger partial charge is 0.00204 e. The molecule has 0 bridgehead atoms. The number of rotatable bonds is 4. The van der Waals surface area contributed by atoms with Crippen LogP contribution in [0.1, 0.15) is 30.4 Å². The maximum atomic E-state index is 5.77. The SMILES string of the molecule is Cc1ccccc1CCC1(CN)CC1. The Morgan fingerprint density at radius 2 is 2.00 bits per heavy atom. The molecule has 1 aliphatic carbocycles. The van der Waals surface area contributed by atoms with Crippen LogP contribution in [0, 0.1) is 12.3 Å². The summed E-state index contributed by atoms with van der Waals surface area (Å²) in [5.41, 5.74) is 9.20. The topological polar surface area (TPSA) is 26.0 Å². The van der Waals surface area contributed by atoms with E-state index in [1.807, 2.05) is 0 Å². The maximum Gasteiger partial charge on any atom is -0.00204 e. The van der Waals surface area contributed by atoms with Gasteiger partial charge in [0.25, 0.3) is 0 Å². The minimum Gasteiger partial charge on any atom is -0.330 e. The molecule has 1 fully saturated rings. The zero-order valence-corrected chi connectivity index (χ0v) is 8.92. The normalized spacial score (nSPS) is 18.1. The van der Waals surface area contributed by atoms with Crippen LogP contribution in [0.2, 0.25) is 0 Å². The van der Waals surface area contributed by atoms with E-state index in [9.17, 15) is 0 Å². The third-order valence-corrected chi connectivity index (χ3v) is 3.58. The van der Waals surface area contributed by atoms with Gasteiger partial charge in [-0.25, -0.2) is 0 Å². The van der Waals surface area contributed by atoms with Gasteiger partial charge in [0.15, 0.2) is 0 Å². The molecule has 0 atom stereocenters. The van der Waals surface area contributed by atoms with Crippen molar-refractivity contribution in [3.05, 3.63) is 35.4 Å². The highest BCUT2D eigenvalue weighted by Gasteiger charge is 2.40. The molecule has 76 valence electrons. The summed E-state index contributed by atoms with van der Waals surface area (Å²) in [6.45, 7) is 3.07. The van der Waals surface area contributed by atoms with Crippen molar-refractivity contribution in [2.75, 3.05) is 6.54 Å². The highest BCUT2D eigenvalue weighted by molar-refractivity contribution is 5.25. The number of benzene rings is 1. The van der Waals surface area contributed by atoms with E-state index in [0.717, 1.165) is 6.54 Å². The number of nitrogens with two attached hydrogens (primary N) is 1. The van der Waals surface area contributed by atoms with Gasteiger partial charge in [-0.15, -0.1) is 0 Å². The average Bonchev–Trinajstić information content (AvgIpc) is 2.98. The molecule has 0 aliphatic heterocycles. The zero-order chi connectivity index (χ0) is 10.0. The van der Waals surface area contributed by atoms with Crippen molar-refractivity contribution in [1.29, 1.82) is 0 Å². The number of hydrogen-bond donors (Lipinski definition) is 1. The summed E-state index contributed by atoms with van der Waals surface area (Å²) in [6.07, 6.45) is 5.16. The van der Waals surface area contributed by atoms with Gasteiger partial charge >= 0.3 is 0 Å². The van der Waals surface area contributed by atoms with Gasteiger partial charge in [0.05, 0.1) is 0 Å². The second kappa shape index (κ2) is 3.74. The Labute approximate surface area is 86.3 Å². The molecule has 1 nitrogen and oxygen atoms in total. The fraction of sp³-hybridized carbons (Fsp3) is 0.538. The van der Waals surface area contributed by atoms with Crippen LogP contribution in [0.5, 0.6) is 0 Å². The molecule has 14 heavy (non-hydrogen) atoms. The summed E-state index contributed by atoms with van der Waals surface area (Å²) in [5, 5.41) is 0. The Hall–Kier alpha value is -0.820. The number of aryl methyl sites for hydroxylation is 2. The summed E-state index contributed by atoms with van der Waals surface area (Å²) in [6, 6.07) is 8.66. The minimum atomic E-state index is 0.516.